The number of fused-ring (bicyclic) bond motifs is 1. The molecule has 3 nitrogen and oxygen atoms in total. The Hall–Kier alpha value is -1.29. The van der Waals surface area contributed by atoms with Crippen LogP contribution in [0.3, 0.4) is 0 Å². The summed E-state index contributed by atoms with van der Waals surface area (Å²) in [4.78, 5) is 0. The van der Waals surface area contributed by atoms with Gasteiger partial charge in [-0.2, -0.15) is 0 Å². The van der Waals surface area contributed by atoms with Gasteiger partial charge in [-0.3, -0.25) is 0 Å². The van der Waals surface area contributed by atoms with E-state index in [1.165, 1.54) is 0 Å². The van der Waals surface area contributed by atoms with Crippen LogP contribution in [0, 0.1) is 0 Å². The topological polar surface area (TPSA) is 44.5 Å². The summed E-state index contributed by atoms with van der Waals surface area (Å²) in [6.07, 6.45) is 0.441. The standard InChI is InChI=1S/C12H16FNO2/c1-12(14,8-13)7-9-3-2-4-10-11(9)16-6-5-15-10/h2-4H,5-8,14H2,1H3. The number of hydrogen-bond donors (Lipinski definition) is 1. The van der Waals surface area contributed by atoms with E-state index in [0.717, 1.165) is 11.3 Å². The highest BCUT2D eigenvalue weighted by molar-refractivity contribution is 5.48. The molecule has 2 rings (SSSR count). The van der Waals surface area contributed by atoms with Crippen molar-refractivity contribution in [2.45, 2.75) is 18.9 Å². The van der Waals surface area contributed by atoms with Crippen molar-refractivity contribution >= 4 is 0 Å². The molecule has 0 saturated carbocycles. The number of para-hydroxylation sites is 1. The Kier molecular flexibility index (Phi) is 3.01. The summed E-state index contributed by atoms with van der Waals surface area (Å²) in [6.45, 7) is 2.22. The van der Waals surface area contributed by atoms with Crippen LogP contribution in [0.15, 0.2) is 18.2 Å². The quantitative estimate of drug-likeness (QED) is 0.851. The molecule has 0 radical (unpaired) electrons. The first-order valence-electron chi connectivity index (χ1n) is 5.35. The summed E-state index contributed by atoms with van der Waals surface area (Å²) in [5, 5.41) is 0. The SMILES string of the molecule is CC(N)(CF)Cc1cccc2c1OCCO2. The second kappa shape index (κ2) is 4.29. The summed E-state index contributed by atoms with van der Waals surface area (Å²) in [5.41, 5.74) is 5.86. The molecular formula is C12H16FNO2. The molecule has 1 aliphatic heterocycles. The second-order valence-electron chi connectivity index (χ2n) is 4.41. The molecule has 1 aliphatic rings. The third kappa shape index (κ3) is 2.27. The summed E-state index contributed by atoms with van der Waals surface area (Å²) in [5.74, 6) is 1.43. The Balaban J connectivity index is 2.27. The van der Waals surface area contributed by atoms with Gasteiger partial charge in [0.2, 0.25) is 0 Å². The van der Waals surface area contributed by atoms with E-state index in [0.29, 0.717) is 25.4 Å². The monoisotopic (exact) mass is 225 g/mol. The molecule has 1 heterocycles. The average Bonchev–Trinajstić information content (AvgIpc) is 2.29. The van der Waals surface area contributed by atoms with Crippen molar-refractivity contribution in [2.24, 2.45) is 5.73 Å². The zero-order valence-corrected chi connectivity index (χ0v) is 9.33. The van der Waals surface area contributed by atoms with Crippen LogP contribution in [0.1, 0.15) is 12.5 Å². The average molecular weight is 225 g/mol. The normalized spacial score (nSPS) is 17.9. The highest BCUT2D eigenvalue weighted by Crippen LogP contribution is 2.35. The van der Waals surface area contributed by atoms with E-state index in [-0.39, 0.29) is 0 Å². The molecule has 1 aromatic carbocycles. The first-order valence-corrected chi connectivity index (χ1v) is 5.35. The van der Waals surface area contributed by atoms with Crippen molar-refractivity contribution in [3.63, 3.8) is 0 Å². The van der Waals surface area contributed by atoms with Gasteiger partial charge < -0.3 is 15.2 Å². The number of nitrogens with two attached hydrogens (primary N) is 1. The van der Waals surface area contributed by atoms with Gasteiger partial charge in [0.1, 0.15) is 19.9 Å². The zero-order chi connectivity index (χ0) is 11.6. The van der Waals surface area contributed by atoms with Crippen molar-refractivity contribution < 1.29 is 13.9 Å². The predicted octanol–water partition coefficient (Wildman–Crippen LogP) is 1.69. The van der Waals surface area contributed by atoms with Gasteiger partial charge in [-0.05, 0) is 25.0 Å². The largest absolute Gasteiger partial charge is 0.486 e. The molecule has 88 valence electrons. The molecule has 0 spiro atoms. The predicted molar refractivity (Wildman–Crippen MR) is 59.7 cm³/mol. The van der Waals surface area contributed by atoms with E-state index in [9.17, 15) is 4.39 Å². The fourth-order valence-corrected chi connectivity index (χ4v) is 1.76. The highest BCUT2D eigenvalue weighted by Gasteiger charge is 2.23. The first kappa shape index (κ1) is 11.2. The molecule has 0 aromatic heterocycles. The maximum atomic E-state index is 12.7. The maximum absolute atomic E-state index is 12.7. The number of halogens is 1. The maximum Gasteiger partial charge on any atom is 0.164 e. The van der Waals surface area contributed by atoms with Crippen molar-refractivity contribution in [3.8, 4) is 11.5 Å². The molecule has 1 unspecified atom stereocenters. The van der Waals surface area contributed by atoms with Crippen LogP contribution in [-0.2, 0) is 6.42 Å². The van der Waals surface area contributed by atoms with Gasteiger partial charge >= 0.3 is 0 Å². The molecule has 16 heavy (non-hydrogen) atoms. The van der Waals surface area contributed by atoms with Crippen LogP contribution in [0.4, 0.5) is 4.39 Å². The fraction of sp³-hybridized carbons (Fsp3) is 0.500. The number of hydrogen-bond acceptors (Lipinski definition) is 3. The van der Waals surface area contributed by atoms with Crippen LogP contribution < -0.4 is 15.2 Å². The van der Waals surface area contributed by atoms with Crippen LogP contribution >= 0.6 is 0 Å². The first-order chi connectivity index (χ1) is 7.62. The van der Waals surface area contributed by atoms with E-state index in [4.69, 9.17) is 15.2 Å². The Bertz CT molecular complexity index is 379. The summed E-state index contributed by atoms with van der Waals surface area (Å²) in [6, 6.07) is 5.62. The molecule has 0 amide bonds. The van der Waals surface area contributed by atoms with E-state index < -0.39 is 12.2 Å². The molecule has 0 bridgehead atoms. The number of benzene rings is 1. The summed E-state index contributed by atoms with van der Waals surface area (Å²) < 4.78 is 23.7. The van der Waals surface area contributed by atoms with Crippen LogP contribution in [0.2, 0.25) is 0 Å². The minimum absolute atomic E-state index is 0.441. The summed E-state index contributed by atoms with van der Waals surface area (Å²) in [7, 11) is 0. The Labute approximate surface area is 94.3 Å². The third-order valence-corrected chi connectivity index (χ3v) is 2.55. The minimum atomic E-state index is -0.851. The second-order valence-corrected chi connectivity index (χ2v) is 4.41. The third-order valence-electron chi connectivity index (χ3n) is 2.55. The Morgan fingerprint density at radius 3 is 2.88 bits per heavy atom. The van der Waals surface area contributed by atoms with Gasteiger partial charge in [-0.1, -0.05) is 12.1 Å². The van der Waals surface area contributed by atoms with E-state index >= 15 is 0 Å². The molecular weight excluding hydrogens is 209 g/mol. The molecule has 4 heteroatoms. The molecule has 1 aromatic rings. The van der Waals surface area contributed by atoms with Crippen LogP contribution in [0.5, 0.6) is 11.5 Å². The number of rotatable bonds is 3. The van der Waals surface area contributed by atoms with Gasteiger partial charge in [0.05, 0.1) is 0 Å². The van der Waals surface area contributed by atoms with E-state index in [1.54, 1.807) is 6.92 Å². The van der Waals surface area contributed by atoms with Crippen molar-refractivity contribution in [3.05, 3.63) is 23.8 Å². The van der Waals surface area contributed by atoms with E-state index in [1.807, 2.05) is 18.2 Å². The van der Waals surface area contributed by atoms with Crippen LogP contribution in [0.25, 0.3) is 0 Å². The molecule has 0 fully saturated rings. The summed E-state index contributed by atoms with van der Waals surface area (Å²) >= 11 is 0. The lowest BCUT2D eigenvalue weighted by atomic mass is 9.94. The van der Waals surface area contributed by atoms with Crippen molar-refractivity contribution in [1.29, 1.82) is 0 Å². The lowest BCUT2D eigenvalue weighted by Gasteiger charge is -2.25. The molecule has 1 atom stereocenters. The number of ether oxygens (including phenoxy) is 2. The fourth-order valence-electron chi connectivity index (χ4n) is 1.76. The van der Waals surface area contributed by atoms with E-state index in [2.05, 4.69) is 0 Å². The minimum Gasteiger partial charge on any atom is -0.486 e. The molecule has 0 saturated heterocycles. The van der Waals surface area contributed by atoms with Gasteiger partial charge in [0.25, 0.3) is 0 Å². The lowest BCUT2D eigenvalue weighted by molar-refractivity contribution is 0.169. The Morgan fingerprint density at radius 1 is 1.38 bits per heavy atom. The zero-order valence-electron chi connectivity index (χ0n) is 9.33. The molecule has 2 N–H and O–H groups in total. The highest BCUT2D eigenvalue weighted by atomic mass is 19.1. The van der Waals surface area contributed by atoms with Crippen LogP contribution in [-0.4, -0.2) is 25.4 Å². The number of alkyl halides is 1. The van der Waals surface area contributed by atoms with Gasteiger partial charge in [0, 0.05) is 5.54 Å². The van der Waals surface area contributed by atoms with Crippen molar-refractivity contribution in [2.75, 3.05) is 19.9 Å². The van der Waals surface area contributed by atoms with Gasteiger partial charge in [0.15, 0.2) is 11.5 Å². The van der Waals surface area contributed by atoms with Crippen molar-refractivity contribution in [1.82, 2.24) is 0 Å². The van der Waals surface area contributed by atoms with Gasteiger partial charge in [-0.15, -0.1) is 0 Å². The molecule has 0 aliphatic carbocycles. The lowest BCUT2D eigenvalue weighted by Crippen LogP contribution is -2.41. The smallest absolute Gasteiger partial charge is 0.164 e. The Morgan fingerprint density at radius 2 is 2.12 bits per heavy atom. The van der Waals surface area contributed by atoms with Gasteiger partial charge in [-0.25, -0.2) is 4.39 Å².